The summed E-state index contributed by atoms with van der Waals surface area (Å²) in [6.07, 6.45) is 1.61. The molecule has 3 aromatic rings. The number of nitrogens with zero attached hydrogens (tertiary/aromatic N) is 4. The third-order valence-corrected chi connectivity index (χ3v) is 5.82. The number of anilines is 1. The molecule has 0 atom stereocenters. The zero-order valence-corrected chi connectivity index (χ0v) is 17.7. The number of rotatable bonds is 8. The average molecular weight is 428 g/mol. The fraction of sp³-hybridized carbons (Fsp3) is 0.381. The molecule has 1 fully saturated rings. The molecule has 4 rings (SSSR count). The van der Waals surface area contributed by atoms with Gasteiger partial charge >= 0.3 is 0 Å². The van der Waals surface area contributed by atoms with Gasteiger partial charge in [-0.05, 0) is 36.8 Å². The van der Waals surface area contributed by atoms with E-state index in [1.165, 1.54) is 17.3 Å². The van der Waals surface area contributed by atoms with Crippen LogP contribution in [0, 0.1) is 0 Å². The van der Waals surface area contributed by atoms with Crippen LogP contribution in [0.25, 0.3) is 11.6 Å². The van der Waals surface area contributed by atoms with Gasteiger partial charge in [-0.1, -0.05) is 23.9 Å². The number of carbonyl (C=O) groups excluding carboxylic acids is 1. The Bertz CT molecular complexity index is 950. The van der Waals surface area contributed by atoms with Crippen molar-refractivity contribution in [2.45, 2.75) is 25.2 Å². The summed E-state index contributed by atoms with van der Waals surface area (Å²) in [5.74, 6) is 1.51. The molecule has 3 heterocycles. The average Bonchev–Trinajstić information content (AvgIpc) is 3.44. The van der Waals surface area contributed by atoms with Gasteiger partial charge in [-0.25, -0.2) is 0 Å². The highest BCUT2D eigenvalue weighted by atomic mass is 32.2. The van der Waals surface area contributed by atoms with E-state index in [2.05, 4.69) is 32.5 Å². The predicted molar refractivity (Wildman–Crippen MR) is 115 cm³/mol. The number of hydrogen-bond donors (Lipinski definition) is 1. The molecular weight excluding hydrogens is 402 g/mol. The first-order valence-corrected chi connectivity index (χ1v) is 11.0. The number of furan rings is 1. The van der Waals surface area contributed by atoms with Crippen LogP contribution in [0.15, 0.2) is 52.2 Å². The van der Waals surface area contributed by atoms with E-state index >= 15 is 0 Å². The Morgan fingerprint density at radius 3 is 2.67 bits per heavy atom. The summed E-state index contributed by atoms with van der Waals surface area (Å²) in [5, 5.41) is 12.1. The number of morpholine rings is 1. The quantitative estimate of drug-likeness (QED) is 0.553. The molecule has 0 aliphatic carbocycles. The molecule has 1 aliphatic heterocycles. The lowest BCUT2D eigenvalue weighted by Crippen LogP contribution is -2.35. The maximum absolute atomic E-state index is 12.4. The van der Waals surface area contributed by atoms with E-state index in [0.29, 0.717) is 23.3 Å². The van der Waals surface area contributed by atoms with Crippen molar-refractivity contribution in [1.82, 2.24) is 19.7 Å². The summed E-state index contributed by atoms with van der Waals surface area (Å²) in [4.78, 5) is 14.8. The van der Waals surface area contributed by atoms with Gasteiger partial charge in [0.25, 0.3) is 0 Å². The van der Waals surface area contributed by atoms with E-state index in [4.69, 9.17) is 9.15 Å². The van der Waals surface area contributed by atoms with E-state index in [9.17, 15) is 4.79 Å². The lowest BCUT2D eigenvalue weighted by atomic mass is 10.2. The smallest absolute Gasteiger partial charge is 0.234 e. The molecule has 2 aromatic heterocycles. The minimum Gasteiger partial charge on any atom is -0.461 e. The van der Waals surface area contributed by atoms with E-state index in [-0.39, 0.29) is 11.7 Å². The molecule has 1 amide bonds. The van der Waals surface area contributed by atoms with E-state index in [1.54, 1.807) is 6.26 Å². The van der Waals surface area contributed by atoms with Crippen molar-refractivity contribution >= 4 is 23.4 Å². The maximum atomic E-state index is 12.4. The lowest BCUT2D eigenvalue weighted by molar-refractivity contribution is -0.113. The van der Waals surface area contributed by atoms with Crippen LogP contribution in [-0.2, 0) is 22.6 Å². The van der Waals surface area contributed by atoms with Crippen molar-refractivity contribution in [2.24, 2.45) is 0 Å². The van der Waals surface area contributed by atoms with Gasteiger partial charge in [0, 0.05) is 31.9 Å². The second kappa shape index (κ2) is 9.92. The fourth-order valence-corrected chi connectivity index (χ4v) is 4.11. The molecule has 0 bridgehead atoms. The molecule has 1 N–H and O–H groups in total. The summed E-state index contributed by atoms with van der Waals surface area (Å²) in [6.45, 7) is 7.11. The molecule has 1 saturated heterocycles. The number of hydrogen-bond acceptors (Lipinski definition) is 7. The Labute approximate surface area is 179 Å². The number of benzene rings is 1. The normalized spacial score (nSPS) is 14.7. The Morgan fingerprint density at radius 1 is 1.17 bits per heavy atom. The number of carbonyl (C=O) groups is 1. The van der Waals surface area contributed by atoms with E-state index in [1.807, 2.05) is 35.8 Å². The van der Waals surface area contributed by atoms with Crippen LogP contribution in [0.3, 0.4) is 0 Å². The molecule has 9 heteroatoms. The predicted octanol–water partition coefficient (Wildman–Crippen LogP) is 3.12. The lowest BCUT2D eigenvalue weighted by Gasteiger charge is -2.26. The molecule has 1 aliphatic rings. The zero-order valence-electron chi connectivity index (χ0n) is 16.9. The van der Waals surface area contributed by atoms with Crippen LogP contribution in [0.1, 0.15) is 12.5 Å². The number of aromatic nitrogens is 3. The van der Waals surface area contributed by atoms with Crippen molar-refractivity contribution in [3.8, 4) is 11.6 Å². The van der Waals surface area contributed by atoms with Crippen LogP contribution in [0.2, 0.25) is 0 Å². The maximum Gasteiger partial charge on any atom is 0.234 e. The van der Waals surface area contributed by atoms with Crippen molar-refractivity contribution in [3.63, 3.8) is 0 Å². The summed E-state index contributed by atoms with van der Waals surface area (Å²) in [6, 6.07) is 11.7. The molecule has 0 spiro atoms. The summed E-state index contributed by atoms with van der Waals surface area (Å²) in [5.41, 5.74) is 2.02. The monoisotopic (exact) mass is 427 g/mol. The molecule has 8 nitrogen and oxygen atoms in total. The van der Waals surface area contributed by atoms with Gasteiger partial charge in [-0.2, -0.15) is 0 Å². The molecular formula is C21H25N5O3S. The molecule has 1 aromatic carbocycles. The van der Waals surface area contributed by atoms with E-state index < -0.39 is 0 Å². The Balaban J connectivity index is 1.30. The van der Waals surface area contributed by atoms with Gasteiger partial charge in [0.1, 0.15) is 0 Å². The highest BCUT2D eigenvalue weighted by Gasteiger charge is 2.16. The van der Waals surface area contributed by atoms with Crippen molar-refractivity contribution < 1.29 is 13.9 Å². The Kier molecular flexibility index (Phi) is 6.83. The van der Waals surface area contributed by atoms with Gasteiger partial charge in [-0.3, -0.25) is 14.3 Å². The Hall–Kier alpha value is -2.62. The highest BCUT2D eigenvalue weighted by Crippen LogP contribution is 2.24. The second-order valence-corrected chi connectivity index (χ2v) is 7.89. The fourth-order valence-electron chi connectivity index (χ4n) is 3.31. The standard InChI is InChI=1S/C21H25N5O3S/c1-2-26-20(18-4-3-11-29-18)23-24-21(26)30-15-19(27)22-17-7-5-16(6-8-17)14-25-9-12-28-13-10-25/h3-8,11H,2,9-10,12-15H2,1H3,(H,22,27). The minimum atomic E-state index is -0.0777. The van der Waals surface area contributed by atoms with Crippen LogP contribution in [0.5, 0.6) is 0 Å². The summed E-state index contributed by atoms with van der Waals surface area (Å²) in [7, 11) is 0. The molecule has 30 heavy (non-hydrogen) atoms. The van der Waals surface area contributed by atoms with Crippen LogP contribution in [0.4, 0.5) is 5.69 Å². The number of thioether (sulfide) groups is 1. The largest absolute Gasteiger partial charge is 0.461 e. The summed E-state index contributed by atoms with van der Waals surface area (Å²) < 4.78 is 12.7. The van der Waals surface area contributed by atoms with Gasteiger partial charge in [0.2, 0.25) is 5.91 Å². The molecule has 0 radical (unpaired) electrons. The number of ether oxygens (including phenoxy) is 1. The van der Waals surface area contributed by atoms with Crippen molar-refractivity contribution in [3.05, 3.63) is 48.2 Å². The third-order valence-electron chi connectivity index (χ3n) is 4.85. The minimum absolute atomic E-state index is 0.0777. The number of amides is 1. The topological polar surface area (TPSA) is 85.4 Å². The second-order valence-electron chi connectivity index (χ2n) is 6.95. The van der Waals surface area contributed by atoms with Crippen LogP contribution >= 0.6 is 11.8 Å². The summed E-state index contributed by atoms with van der Waals surface area (Å²) >= 11 is 1.36. The highest BCUT2D eigenvalue weighted by molar-refractivity contribution is 7.99. The van der Waals surface area contributed by atoms with Gasteiger partial charge in [-0.15, -0.1) is 10.2 Å². The first kappa shape index (κ1) is 20.6. The number of nitrogens with one attached hydrogen (secondary N) is 1. The molecule has 158 valence electrons. The van der Waals surface area contributed by atoms with Gasteiger partial charge in [0.15, 0.2) is 16.7 Å². The SMILES string of the molecule is CCn1c(SCC(=O)Nc2ccc(CN3CCOCC3)cc2)nnc1-c1ccco1. The van der Waals surface area contributed by atoms with Crippen LogP contribution in [-0.4, -0.2) is 57.6 Å². The van der Waals surface area contributed by atoms with E-state index in [0.717, 1.165) is 38.5 Å². The van der Waals surface area contributed by atoms with Crippen molar-refractivity contribution in [1.29, 1.82) is 0 Å². The molecule has 0 unspecified atom stereocenters. The van der Waals surface area contributed by atoms with Gasteiger partial charge < -0.3 is 14.5 Å². The first-order chi connectivity index (χ1) is 14.7. The molecule has 0 saturated carbocycles. The van der Waals surface area contributed by atoms with Crippen LogP contribution < -0.4 is 5.32 Å². The van der Waals surface area contributed by atoms with Crippen molar-refractivity contribution in [2.75, 3.05) is 37.4 Å². The first-order valence-electron chi connectivity index (χ1n) is 10.0. The third kappa shape index (κ3) is 5.10. The zero-order chi connectivity index (χ0) is 20.8. The Morgan fingerprint density at radius 2 is 1.97 bits per heavy atom. The van der Waals surface area contributed by atoms with Gasteiger partial charge in [0.05, 0.1) is 25.2 Å².